The standard InChI is InChI=1S/C21H21NO4S/c1-21(2,3)26-20(23)11-8-16-12-13-22(15-16)27(24,25)19-10-9-17-6-4-5-7-18(17)14-19/h4-15H,1-3H3. The van der Waals surface area contributed by atoms with Gasteiger partial charge in [0, 0.05) is 18.5 Å². The highest BCUT2D eigenvalue weighted by Gasteiger charge is 2.17. The minimum Gasteiger partial charge on any atom is -0.457 e. The van der Waals surface area contributed by atoms with Crippen LogP contribution in [-0.2, 0) is 19.6 Å². The number of hydrogen-bond donors (Lipinski definition) is 0. The Balaban J connectivity index is 1.84. The Bertz CT molecular complexity index is 1120. The van der Waals surface area contributed by atoms with Crippen molar-refractivity contribution in [3.8, 4) is 0 Å². The van der Waals surface area contributed by atoms with Crippen molar-refractivity contribution in [2.24, 2.45) is 0 Å². The number of aromatic nitrogens is 1. The summed E-state index contributed by atoms with van der Waals surface area (Å²) in [5.41, 5.74) is 0.0116. The molecule has 0 N–H and O–H groups in total. The van der Waals surface area contributed by atoms with E-state index in [2.05, 4.69) is 0 Å². The Kier molecular flexibility index (Phi) is 4.93. The molecule has 0 saturated carbocycles. The predicted molar refractivity (Wildman–Crippen MR) is 106 cm³/mol. The van der Waals surface area contributed by atoms with Gasteiger partial charge >= 0.3 is 5.97 Å². The first-order valence-corrected chi connectivity index (χ1v) is 9.93. The number of rotatable bonds is 4. The van der Waals surface area contributed by atoms with Crippen molar-refractivity contribution in [1.82, 2.24) is 3.97 Å². The first kappa shape index (κ1) is 18.9. The normalized spacial score (nSPS) is 12.6. The molecule has 1 heterocycles. The fourth-order valence-corrected chi connectivity index (χ4v) is 3.83. The van der Waals surface area contributed by atoms with Gasteiger partial charge in [0.1, 0.15) is 5.60 Å². The topological polar surface area (TPSA) is 65.4 Å². The molecule has 0 aliphatic rings. The number of hydrogen-bond acceptors (Lipinski definition) is 4. The van der Waals surface area contributed by atoms with Crippen molar-refractivity contribution in [1.29, 1.82) is 0 Å². The molecule has 0 saturated heterocycles. The van der Waals surface area contributed by atoms with E-state index in [1.165, 1.54) is 24.5 Å². The van der Waals surface area contributed by atoms with Crippen LogP contribution in [0.15, 0.2) is 71.9 Å². The minimum atomic E-state index is -3.71. The van der Waals surface area contributed by atoms with Crippen molar-refractivity contribution in [2.75, 3.05) is 0 Å². The number of ether oxygens (including phenoxy) is 1. The molecule has 0 fully saturated rings. The molecular weight excluding hydrogens is 362 g/mol. The molecule has 0 atom stereocenters. The molecule has 0 aliphatic carbocycles. The number of fused-ring (bicyclic) bond motifs is 1. The second kappa shape index (κ2) is 7.04. The Morgan fingerprint density at radius 2 is 1.74 bits per heavy atom. The van der Waals surface area contributed by atoms with Crippen LogP contribution >= 0.6 is 0 Å². The van der Waals surface area contributed by atoms with E-state index in [1.54, 1.807) is 45.0 Å². The smallest absolute Gasteiger partial charge is 0.331 e. The maximum atomic E-state index is 12.9. The van der Waals surface area contributed by atoms with Crippen molar-refractivity contribution < 1.29 is 17.9 Å². The summed E-state index contributed by atoms with van der Waals surface area (Å²) in [7, 11) is -3.71. The summed E-state index contributed by atoms with van der Waals surface area (Å²) >= 11 is 0. The van der Waals surface area contributed by atoms with E-state index in [-0.39, 0.29) is 4.90 Å². The Morgan fingerprint density at radius 1 is 1.04 bits per heavy atom. The van der Waals surface area contributed by atoms with E-state index in [0.717, 1.165) is 14.7 Å². The Hall–Kier alpha value is -2.86. The van der Waals surface area contributed by atoms with Gasteiger partial charge in [0.15, 0.2) is 0 Å². The van der Waals surface area contributed by atoms with Gasteiger partial charge in [-0.2, -0.15) is 0 Å². The molecule has 140 valence electrons. The molecular formula is C21H21NO4S. The van der Waals surface area contributed by atoms with Gasteiger partial charge in [-0.05, 0) is 61.4 Å². The van der Waals surface area contributed by atoms with Gasteiger partial charge in [-0.15, -0.1) is 0 Å². The summed E-state index contributed by atoms with van der Waals surface area (Å²) < 4.78 is 32.1. The van der Waals surface area contributed by atoms with E-state index in [4.69, 9.17) is 4.74 Å². The quantitative estimate of drug-likeness (QED) is 0.499. The molecule has 1 aromatic heterocycles. The Labute approximate surface area is 158 Å². The van der Waals surface area contributed by atoms with Crippen LogP contribution in [0.1, 0.15) is 26.3 Å². The highest BCUT2D eigenvalue weighted by Crippen LogP contribution is 2.21. The van der Waals surface area contributed by atoms with Crippen LogP contribution < -0.4 is 0 Å². The molecule has 6 heteroatoms. The van der Waals surface area contributed by atoms with Crippen molar-refractivity contribution in [3.05, 3.63) is 72.6 Å². The number of benzene rings is 2. The second-order valence-electron chi connectivity index (χ2n) is 7.16. The third kappa shape index (κ3) is 4.46. The molecule has 5 nitrogen and oxygen atoms in total. The van der Waals surface area contributed by atoms with Crippen molar-refractivity contribution in [2.45, 2.75) is 31.3 Å². The third-order valence-corrected chi connectivity index (χ3v) is 5.44. The lowest BCUT2D eigenvalue weighted by molar-refractivity contribution is -0.148. The van der Waals surface area contributed by atoms with E-state index in [9.17, 15) is 13.2 Å². The highest BCUT2D eigenvalue weighted by atomic mass is 32.2. The van der Waals surface area contributed by atoms with E-state index in [1.807, 2.05) is 24.3 Å². The van der Waals surface area contributed by atoms with Gasteiger partial charge in [0.25, 0.3) is 10.0 Å². The van der Waals surface area contributed by atoms with E-state index in [0.29, 0.717) is 5.56 Å². The van der Waals surface area contributed by atoms with Crippen LogP contribution in [0.2, 0.25) is 0 Å². The van der Waals surface area contributed by atoms with Gasteiger partial charge in [0.05, 0.1) is 4.90 Å². The zero-order valence-corrected chi connectivity index (χ0v) is 16.2. The largest absolute Gasteiger partial charge is 0.457 e. The summed E-state index contributed by atoms with van der Waals surface area (Å²) in [6.45, 7) is 5.35. The first-order valence-electron chi connectivity index (χ1n) is 8.49. The van der Waals surface area contributed by atoms with Crippen LogP contribution in [0.4, 0.5) is 0 Å². The zero-order valence-electron chi connectivity index (χ0n) is 15.4. The zero-order chi connectivity index (χ0) is 19.7. The molecule has 2 aromatic carbocycles. The minimum absolute atomic E-state index is 0.208. The van der Waals surface area contributed by atoms with Crippen LogP contribution in [-0.4, -0.2) is 24.0 Å². The third-order valence-electron chi connectivity index (χ3n) is 3.81. The van der Waals surface area contributed by atoms with Crippen LogP contribution in [0, 0.1) is 0 Å². The fourth-order valence-electron chi connectivity index (χ4n) is 2.59. The average molecular weight is 383 g/mol. The predicted octanol–water partition coefficient (Wildman–Crippen LogP) is 4.23. The highest BCUT2D eigenvalue weighted by molar-refractivity contribution is 7.90. The number of nitrogens with zero attached hydrogens (tertiary/aromatic N) is 1. The lowest BCUT2D eigenvalue weighted by atomic mass is 10.1. The van der Waals surface area contributed by atoms with Crippen molar-refractivity contribution in [3.63, 3.8) is 0 Å². The van der Waals surface area contributed by atoms with Crippen LogP contribution in [0.25, 0.3) is 16.8 Å². The lowest BCUT2D eigenvalue weighted by Gasteiger charge is -2.17. The van der Waals surface area contributed by atoms with Gasteiger partial charge in [-0.25, -0.2) is 17.2 Å². The molecule has 0 bridgehead atoms. The first-order chi connectivity index (χ1) is 12.6. The fraction of sp³-hybridized carbons (Fsp3) is 0.190. The van der Waals surface area contributed by atoms with Crippen LogP contribution in [0.5, 0.6) is 0 Å². The molecule has 27 heavy (non-hydrogen) atoms. The van der Waals surface area contributed by atoms with Gasteiger partial charge in [-0.1, -0.05) is 30.3 Å². The monoisotopic (exact) mass is 383 g/mol. The maximum absolute atomic E-state index is 12.9. The molecule has 0 amide bonds. The van der Waals surface area contributed by atoms with E-state index >= 15 is 0 Å². The summed E-state index contributed by atoms with van der Waals surface area (Å²) in [4.78, 5) is 12.0. The number of esters is 1. The summed E-state index contributed by atoms with van der Waals surface area (Å²) in [6.07, 6.45) is 5.73. The second-order valence-corrected chi connectivity index (χ2v) is 9.00. The molecule has 3 aromatic rings. The molecule has 0 aliphatic heterocycles. The van der Waals surface area contributed by atoms with Crippen LogP contribution in [0.3, 0.4) is 0 Å². The lowest BCUT2D eigenvalue weighted by Crippen LogP contribution is -2.22. The summed E-state index contributed by atoms with van der Waals surface area (Å²) in [5.74, 6) is -0.479. The van der Waals surface area contributed by atoms with Gasteiger partial charge in [-0.3, -0.25) is 0 Å². The summed E-state index contributed by atoms with van der Waals surface area (Å²) in [6, 6.07) is 14.2. The molecule has 3 rings (SSSR count). The van der Waals surface area contributed by atoms with E-state index < -0.39 is 21.6 Å². The number of carbonyl (C=O) groups excluding carboxylic acids is 1. The maximum Gasteiger partial charge on any atom is 0.331 e. The van der Waals surface area contributed by atoms with Gasteiger partial charge < -0.3 is 4.74 Å². The molecule has 0 spiro atoms. The van der Waals surface area contributed by atoms with Gasteiger partial charge in [0.2, 0.25) is 0 Å². The SMILES string of the molecule is CC(C)(C)OC(=O)C=Cc1ccn(S(=O)(=O)c2ccc3ccccc3c2)c1. The average Bonchev–Trinajstić information content (AvgIpc) is 3.08. The molecule has 0 radical (unpaired) electrons. The summed E-state index contributed by atoms with van der Waals surface area (Å²) in [5, 5.41) is 1.83. The van der Waals surface area contributed by atoms with Crippen molar-refractivity contribution >= 4 is 32.8 Å². The number of carbonyl (C=O) groups is 1. The Morgan fingerprint density at radius 3 is 2.44 bits per heavy atom. The molecule has 0 unspecified atom stereocenters.